The number of aromatic nitrogens is 1. The second-order valence-electron chi connectivity index (χ2n) is 3.26. The maximum atomic E-state index is 11.8. The van der Waals surface area contributed by atoms with Gasteiger partial charge in [-0.05, 0) is 23.7 Å². The normalized spacial score (nSPS) is 10.2. The molecule has 9 heteroatoms. The van der Waals surface area contributed by atoms with E-state index in [4.69, 9.17) is 27.9 Å². The SMILES string of the molecule is O=C(Oc1ccc([N+](=O)[O-])cc1)c1c(Cl)nsc1Cl. The van der Waals surface area contributed by atoms with Gasteiger partial charge in [0.15, 0.2) is 5.15 Å². The van der Waals surface area contributed by atoms with Gasteiger partial charge in [0, 0.05) is 12.1 Å². The molecular weight excluding hydrogens is 315 g/mol. The molecule has 0 saturated heterocycles. The molecule has 0 aliphatic carbocycles. The number of esters is 1. The van der Waals surface area contributed by atoms with E-state index in [1.54, 1.807) is 0 Å². The maximum absolute atomic E-state index is 11.8. The van der Waals surface area contributed by atoms with Crippen LogP contribution in [0.3, 0.4) is 0 Å². The Morgan fingerprint density at radius 3 is 2.42 bits per heavy atom. The predicted octanol–water partition coefficient (Wildman–Crippen LogP) is 3.58. The molecule has 0 saturated carbocycles. The van der Waals surface area contributed by atoms with Crippen LogP contribution in [-0.4, -0.2) is 15.3 Å². The number of ether oxygens (including phenoxy) is 1. The third kappa shape index (κ3) is 3.01. The van der Waals surface area contributed by atoms with Crippen LogP contribution >= 0.6 is 34.7 Å². The summed E-state index contributed by atoms with van der Waals surface area (Å²) in [4.78, 5) is 21.7. The fraction of sp³-hybridized carbons (Fsp3) is 0. The van der Waals surface area contributed by atoms with E-state index in [-0.39, 0.29) is 26.5 Å². The lowest BCUT2D eigenvalue weighted by molar-refractivity contribution is -0.384. The van der Waals surface area contributed by atoms with E-state index in [1.165, 1.54) is 24.3 Å². The van der Waals surface area contributed by atoms with Crippen LogP contribution in [0.5, 0.6) is 5.75 Å². The molecular formula is C10H4Cl2N2O4S. The van der Waals surface area contributed by atoms with Crippen molar-refractivity contribution in [2.45, 2.75) is 0 Å². The highest BCUT2D eigenvalue weighted by molar-refractivity contribution is 7.11. The summed E-state index contributed by atoms with van der Waals surface area (Å²) < 4.78 is 8.81. The van der Waals surface area contributed by atoms with E-state index in [1.807, 2.05) is 0 Å². The molecule has 0 fully saturated rings. The summed E-state index contributed by atoms with van der Waals surface area (Å²) in [5.41, 5.74) is -0.125. The molecule has 98 valence electrons. The summed E-state index contributed by atoms with van der Waals surface area (Å²) in [6.07, 6.45) is 0. The van der Waals surface area contributed by atoms with Crippen molar-refractivity contribution >= 4 is 46.4 Å². The first kappa shape index (κ1) is 13.7. The first-order chi connectivity index (χ1) is 8.99. The van der Waals surface area contributed by atoms with Crippen molar-refractivity contribution in [1.29, 1.82) is 0 Å². The van der Waals surface area contributed by atoms with Crippen molar-refractivity contribution in [1.82, 2.24) is 4.37 Å². The molecule has 6 nitrogen and oxygen atoms in total. The van der Waals surface area contributed by atoms with Gasteiger partial charge in [-0.15, -0.1) is 0 Å². The van der Waals surface area contributed by atoms with Crippen LogP contribution in [0.1, 0.15) is 10.4 Å². The van der Waals surface area contributed by atoms with Crippen LogP contribution < -0.4 is 4.74 Å². The highest BCUT2D eigenvalue weighted by Crippen LogP contribution is 2.29. The summed E-state index contributed by atoms with van der Waals surface area (Å²) >= 11 is 12.3. The Hall–Kier alpha value is -1.70. The molecule has 1 aromatic carbocycles. The second-order valence-corrected chi connectivity index (χ2v) is 5.00. The number of halogens is 2. The number of rotatable bonds is 3. The second kappa shape index (κ2) is 5.52. The maximum Gasteiger partial charge on any atom is 0.349 e. The molecule has 2 aromatic rings. The van der Waals surface area contributed by atoms with Gasteiger partial charge in [-0.2, -0.15) is 4.37 Å². The monoisotopic (exact) mass is 318 g/mol. The van der Waals surface area contributed by atoms with E-state index < -0.39 is 10.9 Å². The zero-order chi connectivity index (χ0) is 14.0. The molecule has 1 aromatic heterocycles. The van der Waals surface area contributed by atoms with Crippen molar-refractivity contribution in [3.05, 3.63) is 49.4 Å². The molecule has 0 spiro atoms. The van der Waals surface area contributed by atoms with Crippen LogP contribution in [0.25, 0.3) is 0 Å². The van der Waals surface area contributed by atoms with E-state index >= 15 is 0 Å². The minimum atomic E-state index is -0.766. The first-order valence-electron chi connectivity index (χ1n) is 4.76. The smallest absolute Gasteiger partial charge is 0.349 e. The number of non-ortho nitro benzene ring substituents is 1. The number of carbonyl (C=O) groups is 1. The highest BCUT2D eigenvalue weighted by Gasteiger charge is 2.21. The lowest BCUT2D eigenvalue weighted by Gasteiger charge is -2.02. The van der Waals surface area contributed by atoms with Gasteiger partial charge in [0.25, 0.3) is 5.69 Å². The Morgan fingerprint density at radius 2 is 1.95 bits per heavy atom. The third-order valence-corrected chi connectivity index (χ3v) is 3.48. The number of carbonyl (C=O) groups excluding carboxylic acids is 1. The minimum absolute atomic E-state index is 0.0216. The van der Waals surface area contributed by atoms with Crippen molar-refractivity contribution < 1.29 is 14.5 Å². The van der Waals surface area contributed by atoms with Crippen molar-refractivity contribution in [3.63, 3.8) is 0 Å². The molecule has 19 heavy (non-hydrogen) atoms. The number of benzene rings is 1. The van der Waals surface area contributed by atoms with Gasteiger partial charge in [0.2, 0.25) is 0 Å². The van der Waals surface area contributed by atoms with Crippen LogP contribution in [0.15, 0.2) is 24.3 Å². The molecule has 0 aliphatic rings. The number of hydrogen-bond donors (Lipinski definition) is 0. The fourth-order valence-corrected chi connectivity index (χ4v) is 2.38. The molecule has 2 rings (SSSR count). The quantitative estimate of drug-likeness (QED) is 0.374. The molecule has 0 N–H and O–H groups in total. The standard InChI is InChI=1S/C10H4Cl2N2O4S/c11-8-7(9(12)19-13-8)10(15)18-6-3-1-5(2-4-6)14(16)17/h1-4H. The van der Waals surface area contributed by atoms with Gasteiger partial charge < -0.3 is 4.74 Å². The molecule has 0 atom stereocenters. The van der Waals surface area contributed by atoms with E-state index in [0.717, 1.165) is 11.5 Å². The van der Waals surface area contributed by atoms with Gasteiger partial charge >= 0.3 is 5.97 Å². The van der Waals surface area contributed by atoms with Crippen molar-refractivity contribution in [3.8, 4) is 5.75 Å². The van der Waals surface area contributed by atoms with E-state index in [9.17, 15) is 14.9 Å². The minimum Gasteiger partial charge on any atom is -0.423 e. The van der Waals surface area contributed by atoms with E-state index in [2.05, 4.69) is 4.37 Å². The van der Waals surface area contributed by atoms with Gasteiger partial charge in [0.05, 0.1) is 4.92 Å². The summed E-state index contributed by atoms with van der Waals surface area (Å²) in [6.45, 7) is 0. The first-order valence-corrected chi connectivity index (χ1v) is 6.29. The Kier molecular flexibility index (Phi) is 3.98. The molecule has 0 bridgehead atoms. The van der Waals surface area contributed by atoms with Crippen LogP contribution in [0, 0.1) is 10.1 Å². The summed E-state index contributed by atoms with van der Waals surface area (Å²) in [5, 5.41) is 10.4. The Balaban J connectivity index is 2.17. The number of hydrogen-bond acceptors (Lipinski definition) is 6. The summed E-state index contributed by atoms with van der Waals surface area (Å²) in [5.74, 6) is -0.619. The average Bonchev–Trinajstić information content (AvgIpc) is 2.69. The van der Waals surface area contributed by atoms with Gasteiger partial charge in [-0.1, -0.05) is 23.2 Å². The lowest BCUT2D eigenvalue weighted by atomic mass is 10.3. The van der Waals surface area contributed by atoms with Crippen molar-refractivity contribution in [2.75, 3.05) is 0 Å². The van der Waals surface area contributed by atoms with Crippen molar-refractivity contribution in [2.24, 2.45) is 0 Å². The Morgan fingerprint density at radius 1 is 1.32 bits per heavy atom. The molecule has 0 aliphatic heterocycles. The number of nitrogens with zero attached hydrogens (tertiary/aromatic N) is 2. The molecule has 1 heterocycles. The van der Waals surface area contributed by atoms with Crippen LogP contribution in [0.2, 0.25) is 9.49 Å². The summed E-state index contributed by atoms with van der Waals surface area (Å²) in [6, 6.07) is 5.05. The molecule has 0 unspecified atom stereocenters. The average molecular weight is 319 g/mol. The molecule has 0 radical (unpaired) electrons. The molecule has 0 amide bonds. The van der Waals surface area contributed by atoms with Crippen LogP contribution in [-0.2, 0) is 0 Å². The lowest BCUT2D eigenvalue weighted by Crippen LogP contribution is -2.08. The van der Waals surface area contributed by atoms with Crippen LogP contribution in [0.4, 0.5) is 5.69 Å². The third-order valence-electron chi connectivity index (χ3n) is 2.07. The number of nitro groups is 1. The zero-order valence-electron chi connectivity index (χ0n) is 9.00. The zero-order valence-corrected chi connectivity index (χ0v) is 11.3. The highest BCUT2D eigenvalue weighted by atomic mass is 35.5. The van der Waals surface area contributed by atoms with Gasteiger partial charge in [0.1, 0.15) is 15.6 Å². The number of nitro benzene ring substituents is 1. The fourth-order valence-electron chi connectivity index (χ4n) is 1.21. The largest absolute Gasteiger partial charge is 0.423 e. The summed E-state index contributed by atoms with van der Waals surface area (Å²) in [7, 11) is 0. The van der Waals surface area contributed by atoms with E-state index in [0.29, 0.717) is 0 Å². The van der Waals surface area contributed by atoms with Gasteiger partial charge in [-0.25, -0.2) is 4.79 Å². The topological polar surface area (TPSA) is 82.3 Å². The van der Waals surface area contributed by atoms with Gasteiger partial charge in [-0.3, -0.25) is 10.1 Å². The Labute approximate surface area is 120 Å². The Bertz CT molecular complexity index is 622. The predicted molar refractivity (Wildman–Crippen MR) is 70.2 cm³/mol.